The number of halogens is 2. The zero-order valence-corrected chi connectivity index (χ0v) is 13.9. The summed E-state index contributed by atoms with van der Waals surface area (Å²) in [6, 6.07) is 11.8. The number of carbonyl (C=O) groups is 2. The highest BCUT2D eigenvalue weighted by Crippen LogP contribution is 2.23. The van der Waals surface area contributed by atoms with Crippen LogP contribution < -0.4 is 14.8 Å². The van der Waals surface area contributed by atoms with Gasteiger partial charge >= 0.3 is 12.6 Å². The third-order valence-corrected chi connectivity index (χ3v) is 3.11. The van der Waals surface area contributed by atoms with Gasteiger partial charge in [0.05, 0.1) is 17.9 Å². The predicted molar refractivity (Wildman–Crippen MR) is 89.6 cm³/mol. The molecule has 0 bridgehead atoms. The number of hydrogen-bond acceptors (Lipinski definition) is 5. The number of alkyl halides is 2. The molecule has 0 atom stereocenters. The predicted octanol–water partition coefficient (Wildman–Crippen LogP) is 3.48. The molecule has 0 saturated carbocycles. The van der Waals surface area contributed by atoms with E-state index in [2.05, 4.69) is 10.1 Å². The summed E-state index contributed by atoms with van der Waals surface area (Å²) in [5, 5.41) is 2.59. The molecule has 0 spiro atoms. The molecular formula is C18H17F2NO5. The van der Waals surface area contributed by atoms with Gasteiger partial charge in [0.15, 0.2) is 6.61 Å². The summed E-state index contributed by atoms with van der Waals surface area (Å²) in [4.78, 5) is 23.8. The number of benzene rings is 2. The van der Waals surface area contributed by atoms with Crippen molar-refractivity contribution in [2.75, 3.05) is 18.5 Å². The average molecular weight is 365 g/mol. The molecule has 138 valence electrons. The Morgan fingerprint density at radius 2 is 1.77 bits per heavy atom. The highest BCUT2D eigenvalue weighted by atomic mass is 19.3. The normalized spacial score (nSPS) is 10.3. The molecule has 0 aromatic heterocycles. The fourth-order valence-corrected chi connectivity index (χ4v) is 2.02. The summed E-state index contributed by atoms with van der Waals surface area (Å²) in [6.07, 6.45) is 0. The quantitative estimate of drug-likeness (QED) is 0.725. The Bertz CT molecular complexity index is 750. The van der Waals surface area contributed by atoms with Crippen molar-refractivity contribution >= 4 is 17.6 Å². The molecule has 0 aliphatic carbocycles. The van der Waals surface area contributed by atoms with Crippen LogP contribution in [0, 0.1) is 0 Å². The van der Waals surface area contributed by atoms with Crippen molar-refractivity contribution in [2.45, 2.75) is 13.5 Å². The molecule has 2 aromatic carbocycles. The first kappa shape index (κ1) is 19.2. The van der Waals surface area contributed by atoms with E-state index in [-0.39, 0.29) is 11.3 Å². The molecule has 0 unspecified atom stereocenters. The van der Waals surface area contributed by atoms with Crippen LogP contribution in [0.2, 0.25) is 0 Å². The maximum Gasteiger partial charge on any atom is 0.387 e. The molecule has 26 heavy (non-hydrogen) atoms. The van der Waals surface area contributed by atoms with Gasteiger partial charge in [0.25, 0.3) is 5.91 Å². The summed E-state index contributed by atoms with van der Waals surface area (Å²) in [5.74, 6) is -0.879. The molecule has 0 radical (unpaired) electrons. The molecular weight excluding hydrogens is 348 g/mol. The molecule has 0 heterocycles. The lowest BCUT2D eigenvalue weighted by Gasteiger charge is -2.11. The SMILES string of the molecule is CCOc1ccccc1NC(=O)COC(=O)c1ccc(OC(F)F)cc1. The minimum atomic E-state index is -2.95. The van der Waals surface area contributed by atoms with E-state index < -0.39 is 25.1 Å². The van der Waals surface area contributed by atoms with Gasteiger partial charge in [-0.2, -0.15) is 8.78 Å². The average Bonchev–Trinajstić information content (AvgIpc) is 2.62. The molecule has 0 saturated heterocycles. The second-order valence-corrected chi connectivity index (χ2v) is 4.96. The van der Waals surface area contributed by atoms with Gasteiger partial charge in [-0.25, -0.2) is 4.79 Å². The van der Waals surface area contributed by atoms with Crippen molar-refractivity contribution in [1.82, 2.24) is 0 Å². The number of para-hydroxylation sites is 2. The molecule has 0 aliphatic heterocycles. The Kier molecular flexibility index (Phi) is 6.90. The Hall–Kier alpha value is -3.16. The Balaban J connectivity index is 1.88. The second-order valence-electron chi connectivity index (χ2n) is 4.96. The first-order valence-corrected chi connectivity index (χ1v) is 7.73. The third-order valence-electron chi connectivity index (χ3n) is 3.11. The van der Waals surface area contributed by atoms with Crippen molar-refractivity contribution in [3.8, 4) is 11.5 Å². The number of amides is 1. The molecule has 8 heteroatoms. The van der Waals surface area contributed by atoms with Gasteiger partial charge in [-0.05, 0) is 43.3 Å². The standard InChI is InChI=1S/C18H17F2NO5/c1-2-24-15-6-4-3-5-14(15)21-16(22)11-25-17(23)12-7-9-13(10-8-12)26-18(19)20/h3-10,18H,2,11H2,1H3,(H,21,22). The fourth-order valence-electron chi connectivity index (χ4n) is 2.02. The maximum absolute atomic E-state index is 12.1. The molecule has 1 amide bonds. The highest BCUT2D eigenvalue weighted by Gasteiger charge is 2.13. The zero-order valence-electron chi connectivity index (χ0n) is 13.9. The van der Waals surface area contributed by atoms with Crippen LogP contribution >= 0.6 is 0 Å². The van der Waals surface area contributed by atoms with Crippen LogP contribution in [0.25, 0.3) is 0 Å². The first-order valence-electron chi connectivity index (χ1n) is 7.73. The van der Waals surface area contributed by atoms with Crippen LogP contribution in [0.1, 0.15) is 17.3 Å². The number of carbonyl (C=O) groups excluding carboxylic acids is 2. The molecule has 2 aromatic rings. The van der Waals surface area contributed by atoms with Gasteiger partial charge in [-0.3, -0.25) is 4.79 Å². The smallest absolute Gasteiger partial charge is 0.387 e. The van der Waals surface area contributed by atoms with Crippen LogP contribution in [0.15, 0.2) is 48.5 Å². The van der Waals surface area contributed by atoms with Gasteiger partial charge in [-0.1, -0.05) is 12.1 Å². The van der Waals surface area contributed by atoms with Crippen molar-refractivity contribution < 1.29 is 32.6 Å². The molecule has 6 nitrogen and oxygen atoms in total. The number of nitrogens with one attached hydrogen (secondary N) is 1. The Labute approximate surface area is 148 Å². The fraction of sp³-hybridized carbons (Fsp3) is 0.222. The monoisotopic (exact) mass is 365 g/mol. The van der Waals surface area contributed by atoms with E-state index in [1.54, 1.807) is 24.3 Å². The van der Waals surface area contributed by atoms with E-state index in [1.807, 2.05) is 6.92 Å². The lowest BCUT2D eigenvalue weighted by atomic mass is 10.2. The van der Waals surface area contributed by atoms with Gasteiger partial charge < -0.3 is 19.5 Å². The number of anilines is 1. The number of hydrogen-bond donors (Lipinski definition) is 1. The minimum absolute atomic E-state index is 0.0816. The number of rotatable bonds is 8. The van der Waals surface area contributed by atoms with Crippen molar-refractivity contribution in [3.05, 3.63) is 54.1 Å². The lowest BCUT2D eigenvalue weighted by Crippen LogP contribution is -2.21. The third kappa shape index (κ3) is 5.73. The molecule has 1 N–H and O–H groups in total. The second kappa shape index (κ2) is 9.36. The van der Waals surface area contributed by atoms with Gasteiger partial charge in [0.1, 0.15) is 11.5 Å². The van der Waals surface area contributed by atoms with E-state index in [9.17, 15) is 18.4 Å². The topological polar surface area (TPSA) is 73.9 Å². The van der Waals surface area contributed by atoms with E-state index in [1.165, 1.54) is 24.3 Å². The summed E-state index contributed by atoms with van der Waals surface area (Å²) in [6.45, 7) is -1.20. The number of ether oxygens (including phenoxy) is 3. The van der Waals surface area contributed by atoms with E-state index >= 15 is 0 Å². The van der Waals surface area contributed by atoms with Crippen LogP contribution in [0.3, 0.4) is 0 Å². The Morgan fingerprint density at radius 3 is 2.42 bits per heavy atom. The summed E-state index contributed by atoms with van der Waals surface area (Å²) < 4.78 is 38.6. The summed E-state index contributed by atoms with van der Waals surface area (Å²) in [7, 11) is 0. The molecule has 0 fully saturated rings. The zero-order chi connectivity index (χ0) is 18.9. The molecule has 2 rings (SSSR count). The highest BCUT2D eigenvalue weighted by molar-refractivity contribution is 5.96. The maximum atomic E-state index is 12.1. The van der Waals surface area contributed by atoms with Gasteiger partial charge in [0.2, 0.25) is 0 Å². The van der Waals surface area contributed by atoms with E-state index in [4.69, 9.17) is 9.47 Å². The van der Waals surface area contributed by atoms with Gasteiger partial charge in [-0.15, -0.1) is 0 Å². The van der Waals surface area contributed by atoms with E-state index in [0.717, 1.165) is 0 Å². The van der Waals surface area contributed by atoms with Crippen molar-refractivity contribution in [1.29, 1.82) is 0 Å². The minimum Gasteiger partial charge on any atom is -0.492 e. The van der Waals surface area contributed by atoms with Crippen LogP contribution in [0.4, 0.5) is 14.5 Å². The van der Waals surface area contributed by atoms with Crippen LogP contribution in [-0.2, 0) is 9.53 Å². The van der Waals surface area contributed by atoms with E-state index in [0.29, 0.717) is 18.0 Å². The van der Waals surface area contributed by atoms with Crippen molar-refractivity contribution in [3.63, 3.8) is 0 Å². The van der Waals surface area contributed by atoms with Crippen LogP contribution in [0.5, 0.6) is 11.5 Å². The lowest BCUT2D eigenvalue weighted by molar-refractivity contribution is -0.119. The van der Waals surface area contributed by atoms with Gasteiger partial charge in [0, 0.05) is 0 Å². The summed E-state index contributed by atoms with van der Waals surface area (Å²) >= 11 is 0. The Morgan fingerprint density at radius 1 is 1.08 bits per heavy atom. The molecule has 0 aliphatic rings. The number of esters is 1. The summed E-state index contributed by atoms with van der Waals surface area (Å²) in [5.41, 5.74) is 0.568. The first-order chi connectivity index (χ1) is 12.5. The van der Waals surface area contributed by atoms with Crippen LogP contribution in [-0.4, -0.2) is 31.7 Å². The van der Waals surface area contributed by atoms with Crippen molar-refractivity contribution in [2.24, 2.45) is 0 Å². The largest absolute Gasteiger partial charge is 0.492 e.